The number of benzene rings is 2. The number of nitrogens with one attached hydrogen (secondary N) is 2. The topological polar surface area (TPSA) is 106 Å². The van der Waals surface area contributed by atoms with E-state index in [1.807, 2.05) is 66.3 Å². The van der Waals surface area contributed by atoms with Crippen LogP contribution >= 0.6 is 0 Å². The highest BCUT2D eigenvalue weighted by molar-refractivity contribution is 6.51. The third-order valence-electron chi connectivity index (χ3n) is 7.01. The number of hydrogen-bond donors (Lipinski definition) is 3. The Hall–Kier alpha value is -4.13. The minimum atomic E-state index is -0.382. The van der Waals surface area contributed by atoms with Gasteiger partial charge in [-0.2, -0.15) is 0 Å². The van der Waals surface area contributed by atoms with Crippen molar-refractivity contribution in [2.45, 2.75) is 19.4 Å². The molecule has 6 rings (SSSR count). The van der Waals surface area contributed by atoms with Crippen molar-refractivity contribution in [2.24, 2.45) is 18.7 Å². The largest absolute Gasteiger partial charge is 0.387 e. The van der Waals surface area contributed by atoms with Crippen molar-refractivity contribution in [3.05, 3.63) is 71.5 Å². The van der Waals surface area contributed by atoms with Crippen LogP contribution in [0.5, 0.6) is 0 Å². The van der Waals surface area contributed by atoms with E-state index in [4.69, 9.17) is 11.1 Å². The van der Waals surface area contributed by atoms with Gasteiger partial charge in [0.1, 0.15) is 0 Å². The molecular formula is C26H23N5O2. The molecule has 164 valence electrons. The molecule has 1 atom stereocenters. The van der Waals surface area contributed by atoms with Crippen LogP contribution in [-0.4, -0.2) is 26.8 Å². The van der Waals surface area contributed by atoms with E-state index in [1.165, 1.54) is 0 Å². The van der Waals surface area contributed by atoms with Gasteiger partial charge in [0.2, 0.25) is 0 Å². The van der Waals surface area contributed by atoms with Crippen LogP contribution < -0.4 is 11.1 Å². The minimum Gasteiger partial charge on any atom is -0.387 e. The highest BCUT2D eigenvalue weighted by Gasteiger charge is 2.38. The van der Waals surface area contributed by atoms with Crippen LogP contribution in [0.1, 0.15) is 23.2 Å². The molecule has 7 nitrogen and oxygen atoms in total. The Bertz CT molecular complexity index is 1550. The third-order valence-corrected chi connectivity index (χ3v) is 7.01. The summed E-state index contributed by atoms with van der Waals surface area (Å²) in [6.07, 6.45) is 3.26. The predicted molar refractivity (Wildman–Crippen MR) is 129 cm³/mol. The van der Waals surface area contributed by atoms with Crippen LogP contribution in [-0.2, 0) is 29.6 Å². The molecule has 7 heteroatoms. The fourth-order valence-electron chi connectivity index (χ4n) is 5.48. The van der Waals surface area contributed by atoms with E-state index in [-0.39, 0.29) is 23.6 Å². The molecule has 2 aromatic carbocycles. The molecule has 2 aliphatic rings. The number of imide groups is 1. The van der Waals surface area contributed by atoms with Gasteiger partial charge in [-0.3, -0.25) is 20.3 Å². The van der Waals surface area contributed by atoms with E-state index in [2.05, 4.69) is 9.88 Å². The Kier molecular flexibility index (Phi) is 4.11. The van der Waals surface area contributed by atoms with E-state index in [0.29, 0.717) is 24.1 Å². The predicted octanol–water partition coefficient (Wildman–Crippen LogP) is 3.20. The van der Waals surface area contributed by atoms with Crippen molar-refractivity contribution in [1.82, 2.24) is 14.5 Å². The maximum atomic E-state index is 13.3. The fraction of sp³-hybridized carbons (Fsp3) is 0.192. The van der Waals surface area contributed by atoms with Crippen molar-refractivity contribution >= 4 is 50.6 Å². The Labute approximate surface area is 190 Å². The molecule has 0 fully saturated rings. The molecule has 2 amide bonds. The van der Waals surface area contributed by atoms with Crippen LogP contribution in [0.3, 0.4) is 0 Å². The number of para-hydroxylation sites is 2. The molecule has 4 aromatic rings. The zero-order chi connectivity index (χ0) is 22.9. The number of nitrogens with zero attached hydrogens (tertiary/aromatic N) is 2. The smallest absolute Gasteiger partial charge is 0.259 e. The van der Waals surface area contributed by atoms with Crippen LogP contribution in [0, 0.1) is 11.3 Å². The third kappa shape index (κ3) is 2.72. The summed E-state index contributed by atoms with van der Waals surface area (Å²) in [5.74, 6) is -0.684. The van der Waals surface area contributed by atoms with Gasteiger partial charge >= 0.3 is 0 Å². The first-order valence-corrected chi connectivity index (χ1v) is 11.0. The fourth-order valence-corrected chi connectivity index (χ4v) is 5.48. The standard InChI is InChI=1S/C26H23N5O2/c1-30-13-17(15-6-2-4-8-18(15)30)22-23(26(33)29-25(22)32)21-16-7-3-5-9-19(16)31-11-10-14(24(27)28)12-20(21)31/h2-9,13-14H,10-12H2,1H3,(H3,27,28)(H,29,32,33). The van der Waals surface area contributed by atoms with E-state index in [0.717, 1.165) is 45.0 Å². The number of carbonyl (C=O) groups is 2. The number of rotatable bonds is 3. The number of carbonyl (C=O) groups excluding carboxylic acids is 2. The number of nitrogens with two attached hydrogens (primary N) is 1. The lowest BCUT2D eigenvalue weighted by atomic mass is 9.89. The normalized spacial score (nSPS) is 18.3. The summed E-state index contributed by atoms with van der Waals surface area (Å²) >= 11 is 0. The van der Waals surface area contributed by atoms with Gasteiger partial charge in [-0.05, 0) is 25.0 Å². The van der Waals surface area contributed by atoms with Gasteiger partial charge < -0.3 is 14.9 Å². The van der Waals surface area contributed by atoms with Gasteiger partial charge in [0.25, 0.3) is 11.8 Å². The van der Waals surface area contributed by atoms with Crippen molar-refractivity contribution in [2.75, 3.05) is 0 Å². The maximum Gasteiger partial charge on any atom is 0.259 e. The number of amides is 2. The minimum absolute atomic E-state index is 0.0812. The Morgan fingerprint density at radius 2 is 1.67 bits per heavy atom. The van der Waals surface area contributed by atoms with Gasteiger partial charge in [-0.25, -0.2) is 0 Å². The van der Waals surface area contributed by atoms with Crippen LogP contribution in [0.15, 0.2) is 54.7 Å². The van der Waals surface area contributed by atoms with Crippen molar-refractivity contribution < 1.29 is 9.59 Å². The summed E-state index contributed by atoms with van der Waals surface area (Å²) < 4.78 is 4.19. The van der Waals surface area contributed by atoms with Gasteiger partial charge in [-0.15, -0.1) is 0 Å². The van der Waals surface area contributed by atoms with E-state index < -0.39 is 0 Å². The van der Waals surface area contributed by atoms with Crippen LogP contribution in [0.2, 0.25) is 0 Å². The number of aromatic nitrogens is 2. The number of hydrogen-bond acceptors (Lipinski definition) is 3. The van der Waals surface area contributed by atoms with Gasteiger partial charge in [0.15, 0.2) is 0 Å². The zero-order valence-electron chi connectivity index (χ0n) is 18.2. The zero-order valence-corrected chi connectivity index (χ0v) is 18.2. The SMILES string of the molecule is Cn1cc(C2=C(c3c4n(c5ccccc35)CCC(C(=N)N)C4)C(=O)NC2=O)c2ccccc21. The van der Waals surface area contributed by atoms with E-state index in [9.17, 15) is 9.59 Å². The number of amidine groups is 1. The summed E-state index contributed by atoms with van der Waals surface area (Å²) in [5, 5.41) is 12.4. The molecule has 0 saturated carbocycles. The van der Waals surface area contributed by atoms with Crippen LogP contribution in [0.25, 0.3) is 33.0 Å². The van der Waals surface area contributed by atoms with Crippen molar-refractivity contribution in [3.63, 3.8) is 0 Å². The molecule has 2 aromatic heterocycles. The second-order valence-corrected chi connectivity index (χ2v) is 8.84. The maximum absolute atomic E-state index is 13.3. The Morgan fingerprint density at radius 3 is 2.42 bits per heavy atom. The average Bonchev–Trinajstić information content (AvgIpc) is 3.41. The lowest BCUT2D eigenvalue weighted by Gasteiger charge is -2.25. The lowest BCUT2D eigenvalue weighted by Crippen LogP contribution is -2.30. The van der Waals surface area contributed by atoms with Crippen molar-refractivity contribution in [3.8, 4) is 0 Å². The quantitative estimate of drug-likeness (QED) is 0.260. The lowest BCUT2D eigenvalue weighted by molar-refractivity contribution is -0.122. The molecule has 2 aliphatic heterocycles. The average molecular weight is 438 g/mol. The molecule has 0 saturated heterocycles. The van der Waals surface area contributed by atoms with Gasteiger partial charge in [0, 0.05) is 64.3 Å². The number of fused-ring (bicyclic) bond motifs is 4. The van der Waals surface area contributed by atoms with E-state index >= 15 is 0 Å². The molecule has 4 heterocycles. The monoisotopic (exact) mass is 437 g/mol. The number of aryl methyl sites for hydroxylation is 2. The second-order valence-electron chi connectivity index (χ2n) is 8.84. The molecule has 33 heavy (non-hydrogen) atoms. The highest BCUT2D eigenvalue weighted by atomic mass is 16.2. The van der Waals surface area contributed by atoms with Gasteiger partial charge in [-0.1, -0.05) is 36.4 Å². The summed E-state index contributed by atoms with van der Waals surface area (Å²) in [6, 6.07) is 15.9. The first-order valence-electron chi connectivity index (χ1n) is 11.0. The molecule has 1 unspecified atom stereocenters. The van der Waals surface area contributed by atoms with Gasteiger partial charge in [0.05, 0.1) is 17.0 Å². The molecular weight excluding hydrogens is 414 g/mol. The summed E-state index contributed by atoms with van der Waals surface area (Å²) in [5.41, 5.74) is 11.2. The van der Waals surface area contributed by atoms with E-state index in [1.54, 1.807) is 0 Å². The first-order chi connectivity index (χ1) is 16.0. The Balaban J connectivity index is 1.70. The second kappa shape index (κ2) is 6.93. The summed E-state index contributed by atoms with van der Waals surface area (Å²) in [4.78, 5) is 26.4. The molecule has 0 aliphatic carbocycles. The Morgan fingerprint density at radius 1 is 1.00 bits per heavy atom. The summed E-state index contributed by atoms with van der Waals surface area (Å²) in [6.45, 7) is 0.715. The molecule has 4 N–H and O–H groups in total. The first kappa shape index (κ1) is 19.5. The van der Waals surface area contributed by atoms with Crippen molar-refractivity contribution in [1.29, 1.82) is 5.41 Å². The summed E-state index contributed by atoms with van der Waals surface area (Å²) in [7, 11) is 1.94. The molecule has 0 radical (unpaired) electrons. The molecule has 0 spiro atoms. The highest BCUT2D eigenvalue weighted by Crippen LogP contribution is 2.42. The molecule has 0 bridgehead atoms. The van der Waals surface area contributed by atoms with Crippen LogP contribution in [0.4, 0.5) is 0 Å².